The second-order valence-electron chi connectivity index (χ2n) is 6.18. The van der Waals surface area contributed by atoms with Crippen molar-refractivity contribution in [2.24, 2.45) is 5.92 Å². The molecule has 3 rings (SSSR count). The Morgan fingerprint density at radius 3 is 2.74 bits per heavy atom. The number of rotatable bonds is 5. The zero-order chi connectivity index (χ0) is 16.2. The highest BCUT2D eigenvalue weighted by atomic mass is 16.4. The summed E-state index contributed by atoms with van der Waals surface area (Å²) in [7, 11) is 0. The molecule has 1 unspecified atom stereocenters. The van der Waals surface area contributed by atoms with Crippen molar-refractivity contribution in [3.8, 4) is 0 Å². The molecule has 120 valence electrons. The summed E-state index contributed by atoms with van der Waals surface area (Å²) < 4.78 is 0. The Balaban J connectivity index is 1.66. The molecule has 1 aliphatic heterocycles. The summed E-state index contributed by atoms with van der Waals surface area (Å²) in [4.78, 5) is 25.8. The Labute approximate surface area is 135 Å². The first-order chi connectivity index (χ1) is 11.1. The number of ketones is 1. The smallest absolute Gasteiger partial charge is 0.307 e. The molecule has 0 aromatic heterocycles. The topological polar surface area (TPSA) is 57.6 Å². The van der Waals surface area contributed by atoms with Crippen LogP contribution in [0.15, 0.2) is 42.5 Å². The van der Waals surface area contributed by atoms with Crippen molar-refractivity contribution < 1.29 is 14.7 Å². The monoisotopic (exact) mass is 311 g/mol. The molecular weight excluding hydrogens is 290 g/mol. The number of benzene rings is 2. The molecule has 0 spiro atoms. The van der Waals surface area contributed by atoms with Crippen molar-refractivity contribution in [3.63, 3.8) is 0 Å². The fourth-order valence-electron chi connectivity index (χ4n) is 3.32. The normalized spacial score (nSPS) is 18.9. The van der Waals surface area contributed by atoms with Crippen molar-refractivity contribution in [2.45, 2.75) is 19.3 Å². The number of Topliss-reactive ketones (excluding diaryl/α,β-unsaturated/α-hetero) is 1. The van der Waals surface area contributed by atoms with E-state index in [1.807, 2.05) is 42.5 Å². The molecule has 2 aromatic rings. The highest BCUT2D eigenvalue weighted by molar-refractivity contribution is 6.08. The van der Waals surface area contributed by atoms with E-state index in [0.29, 0.717) is 19.5 Å². The minimum Gasteiger partial charge on any atom is -0.481 e. The number of aliphatic carboxylic acids is 1. The maximum Gasteiger partial charge on any atom is 0.307 e. The molecule has 0 bridgehead atoms. The lowest BCUT2D eigenvalue weighted by molar-refractivity contribution is -0.143. The maximum atomic E-state index is 12.6. The number of carbonyl (C=O) groups excluding carboxylic acids is 1. The molecular formula is C19H21NO3. The molecule has 1 heterocycles. The van der Waals surface area contributed by atoms with E-state index in [4.69, 9.17) is 5.11 Å². The van der Waals surface area contributed by atoms with Crippen molar-refractivity contribution in [1.29, 1.82) is 0 Å². The van der Waals surface area contributed by atoms with Crippen LogP contribution in [0.3, 0.4) is 0 Å². The summed E-state index contributed by atoms with van der Waals surface area (Å²) in [6.45, 7) is 2.07. The minimum atomic E-state index is -0.727. The number of hydrogen-bond donors (Lipinski definition) is 1. The second kappa shape index (κ2) is 6.92. The average Bonchev–Trinajstić information content (AvgIpc) is 2.59. The van der Waals surface area contributed by atoms with Gasteiger partial charge in [-0.3, -0.25) is 9.59 Å². The highest BCUT2D eigenvalue weighted by Crippen LogP contribution is 2.21. The van der Waals surface area contributed by atoms with Crippen LogP contribution in [0.25, 0.3) is 10.8 Å². The molecule has 0 saturated carbocycles. The summed E-state index contributed by atoms with van der Waals surface area (Å²) in [5.41, 5.74) is 0.759. The number of nitrogens with zero attached hydrogens (tertiary/aromatic N) is 1. The van der Waals surface area contributed by atoms with Gasteiger partial charge < -0.3 is 10.0 Å². The van der Waals surface area contributed by atoms with Crippen LogP contribution in [0.4, 0.5) is 0 Å². The van der Waals surface area contributed by atoms with E-state index in [-0.39, 0.29) is 11.7 Å². The zero-order valence-corrected chi connectivity index (χ0v) is 13.1. The number of fused-ring (bicyclic) bond motifs is 1. The van der Waals surface area contributed by atoms with Gasteiger partial charge in [-0.15, -0.1) is 0 Å². The summed E-state index contributed by atoms with van der Waals surface area (Å²) in [6, 6.07) is 13.7. The van der Waals surface area contributed by atoms with Crippen LogP contribution in [-0.2, 0) is 4.79 Å². The molecule has 4 heteroatoms. The molecule has 1 atom stereocenters. The molecule has 1 saturated heterocycles. The quantitative estimate of drug-likeness (QED) is 0.862. The predicted octanol–water partition coefficient (Wildman–Crippen LogP) is 3.21. The molecule has 1 fully saturated rings. The molecule has 2 aromatic carbocycles. The van der Waals surface area contributed by atoms with Gasteiger partial charge in [0, 0.05) is 25.1 Å². The number of carboxylic acid groups (broad SMARTS) is 1. The average molecular weight is 311 g/mol. The van der Waals surface area contributed by atoms with Crippen molar-refractivity contribution in [2.75, 3.05) is 19.6 Å². The number of hydrogen-bond acceptors (Lipinski definition) is 3. The first-order valence-corrected chi connectivity index (χ1v) is 8.11. The summed E-state index contributed by atoms with van der Waals surface area (Å²) in [5.74, 6) is -0.897. The highest BCUT2D eigenvalue weighted by Gasteiger charge is 2.25. The van der Waals surface area contributed by atoms with E-state index in [1.54, 1.807) is 0 Å². The largest absolute Gasteiger partial charge is 0.481 e. The molecule has 23 heavy (non-hydrogen) atoms. The lowest BCUT2D eigenvalue weighted by atomic mass is 9.97. The molecule has 1 N–H and O–H groups in total. The lowest BCUT2D eigenvalue weighted by Crippen LogP contribution is -2.39. The van der Waals surface area contributed by atoms with E-state index in [9.17, 15) is 9.59 Å². The number of likely N-dealkylation sites (tertiary alicyclic amines) is 1. The van der Waals surface area contributed by atoms with Gasteiger partial charge in [0.05, 0.1) is 5.92 Å². The van der Waals surface area contributed by atoms with Gasteiger partial charge in [-0.2, -0.15) is 0 Å². The van der Waals surface area contributed by atoms with E-state index in [2.05, 4.69) is 4.90 Å². The van der Waals surface area contributed by atoms with Crippen molar-refractivity contribution in [3.05, 3.63) is 48.0 Å². The van der Waals surface area contributed by atoms with Gasteiger partial charge in [0.2, 0.25) is 0 Å². The van der Waals surface area contributed by atoms with Gasteiger partial charge in [-0.05, 0) is 30.2 Å². The van der Waals surface area contributed by atoms with Crippen LogP contribution in [0.1, 0.15) is 29.6 Å². The molecule has 0 aliphatic carbocycles. The van der Waals surface area contributed by atoms with Crippen molar-refractivity contribution in [1.82, 2.24) is 4.90 Å². The van der Waals surface area contributed by atoms with Gasteiger partial charge in [0.1, 0.15) is 0 Å². The fraction of sp³-hybridized carbons (Fsp3) is 0.368. The van der Waals surface area contributed by atoms with Gasteiger partial charge in [0.15, 0.2) is 5.78 Å². The third kappa shape index (κ3) is 3.59. The van der Waals surface area contributed by atoms with Gasteiger partial charge >= 0.3 is 5.97 Å². The fourth-order valence-corrected chi connectivity index (χ4v) is 3.32. The summed E-state index contributed by atoms with van der Waals surface area (Å²) in [5, 5.41) is 11.2. The van der Waals surface area contributed by atoms with E-state index in [0.717, 1.165) is 35.7 Å². The summed E-state index contributed by atoms with van der Waals surface area (Å²) >= 11 is 0. The maximum absolute atomic E-state index is 12.6. The van der Waals surface area contributed by atoms with Crippen LogP contribution in [0, 0.1) is 5.92 Å². The van der Waals surface area contributed by atoms with Crippen LogP contribution < -0.4 is 0 Å². The molecule has 4 nitrogen and oxygen atoms in total. The molecule has 0 amide bonds. The SMILES string of the molecule is O=C(CCN1CCCC(C(=O)O)C1)c1cccc2ccccc12. The Kier molecular flexibility index (Phi) is 4.72. The number of carboxylic acids is 1. The van der Waals surface area contributed by atoms with E-state index in [1.165, 1.54) is 0 Å². The minimum absolute atomic E-state index is 0.124. The summed E-state index contributed by atoms with van der Waals surface area (Å²) in [6.07, 6.45) is 2.06. The van der Waals surface area contributed by atoms with Gasteiger partial charge in [0.25, 0.3) is 0 Å². The third-order valence-electron chi connectivity index (χ3n) is 4.60. The van der Waals surface area contributed by atoms with Crippen LogP contribution >= 0.6 is 0 Å². The van der Waals surface area contributed by atoms with Gasteiger partial charge in [-0.25, -0.2) is 0 Å². The molecule has 0 radical (unpaired) electrons. The standard InChI is InChI=1S/C19H21NO3/c21-18(10-12-20-11-4-7-15(13-20)19(22)23)17-9-3-6-14-5-1-2-8-16(14)17/h1-3,5-6,8-9,15H,4,7,10-13H2,(H,22,23). The Bertz CT molecular complexity index is 720. The van der Waals surface area contributed by atoms with Crippen LogP contribution in [0.2, 0.25) is 0 Å². The predicted molar refractivity (Wildman–Crippen MR) is 89.7 cm³/mol. The Morgan fingerprint density at radius 1 is 1.13 bits per heavy atom. The lowest BCUT2D eigenvalue weighted by Gasteiger charge is -2.30. The van der Waals surface area contributed by atoms with E-state index < -0.39 is 5.97 Å². The molecule has 1 aliphatic rings. The zero-order valence-electron chi connectivity index (χ0n) is 13.1. The van der Waals surface area contributed by atoms with E-state index >= 15 is 0 Å². The number of piperidine rings is 1. The third-order valence-corrected chi connectivity index (χ3v) is 4.60. The van der Waals surface area contributed by atoms with Crippen LogP contribution in [0.5, 0.6) is 0 Å². The number of carbonyl (C=O) groups is 2. The second-order valence-corrected chi connectivity index (χ2v) is 6.18. The Hall–Kier alpha value is -2.20. The van der Waals surface area contributed by atoms with Crippen molar-refractivity contribution >= 4 is 22.5 Å². The first kappa shape index (κ1) is 15.7. The van der Waals surface area contributed by atoms with Crippen LogP contribution in [-0.4, -0.2) is 41.4 Å². The van der Waals surface area contributed by atoms with Gasteiger partial charge in [-0.1, -0.05) is 42.5 Å². The first-order valence-electron chi connectivity index (χ1n) is 8.11. The Morgan fingerprint density at radius 2 is 1.91 bits per heavy atom.